The lowest BCUT2D eigenvalue weighted by atomic mass is 10.1. The standard InChI is InChI=1S/C22H28FN3O5S2/c1-5-25(6-2)33(30,31)18-8-10-21-16(13-18)11-12-26(21)22(27)19-14-17(7-9-20(19)23)32(28,29)24-15(3)4/h7-10,13-15,24H,5-6,11-12H2,1-4H3. The number of nitrogens with zero attached hydrogens (tertiary/aromatic N) is 2. The maximum absolute atomic E-state index is 14.5. The van der Waals surface area contributed by atoms with Gasteiger partial charge in [-0.1, -0.05) is 13.8 Å². The quantitative estimate of drug-likeness (QED) is 0.604. The van der Waals surface area contributed by atoms with Gasteiger partial charge in [-0.05, 0) is 62.2 Å². The Morgan fingerprint density at radius 1 is 1.06 bits per heavy atom. The number of sulfonamides is 2. The average Bonchev–Trinajstić information content (AvgIpc) is 3.16. The summed E-state index contributed by atoms with van der Waals surface area (Å²) in [5, 5.41) is 0. The first-order valence-electron chi connectivity index (χ1n) is 10.7. The lowest BCUT2D eigenvalue weighted by molar-refractivity contribution is 0.0985. The maximum Gasteiger partial charge on any atom is 0.261 e. The van der Waals surface area contributed by atoms with Gasteiger partial charge in [-0.15, -0.1) is 0 Å². The molecular formula is C22H28FN3O5S2. The number of amides is 1. The van der Waals surface area contributed by atoms with E-state index in [0.717, 1.165) is 18.2 Å². The van der Waals surface area contributed by atoms with Crippen LogP contribution in [0.5, 0.6) is 0 Å². The number of anilines is 1. The van der Waals surface area contributed by atoms with Gasteiger partial charge < -0.3 is 4.90 Å². The minimum absolute atomic E-state index is 0.137. The molecule has 2 aromatic carbocycles. The van der Waals surface area contributed by atoms with Gasteiger partial charge in [0.15, 0.2) is 0 Å². The van der Waals surface area contributed by atoms with E-state index in [1.54, 1.807) is 33.8 Å². The van der Waals surface area contributed by atoms with E-state index in [-0.39, 0.29) is 27.9 Å². The molecule has 2 aromatic rings. The smallest absolute Gasteiger partial charge is 0.261 e. The molecule has 0 bridgehead atoms. The van der Waals surface area contributed by atoms with Gasteiger partial charge in [0.05, 0.1) is 15.4 Å². The highest BCUT2D eigenvalue weighted by Crippen LogP contribution is 2.33. The predicted molar refractivity (Wildman–Crippen MR) is 124 cm³/mol. The van der Waals surface area contributed by atoms with Crippen LogP contribution in [0.3, 0.4) is 0 Å². The van der Waals surface area contributed by atoms with Crippen LogP contribution in [0.15, 0.2) is 46.2 Å². The van der Waals surface area contributed by atoms with Crippen molar-refractivity contribution >= 4 is 31.6 Å². The summed E-state index contributed by atoms with van der Waals surface area (Å²) in [6, 6.07) is 7.24. The van der Waals surface area contributed by atoms with Gasteiger partial charge in [-0.3, -0.25) is 4.79 Å². The van der Waals surface area contributed by atoms with E-state index in [1.165, 1.54) is 21.3 Å². The summed E-state index contributed by atoms with van der Waals surface area (Å²) in [6.07, 6.45) is 0.400. The molecule has 1 aliphatic heterocycles. The summed E-state index contributed by atoms with van der Waals surface area (Å²) >= 11 is 0. The van der Waals surface area contributed by atoms with Crippen LogP contribution < -0.4 is 9.62 Å². The van der Waals surface area contributed by atoms with Crippen molar-refractivity contribution in [3.8, 4) is 0 Å². The van der Waals surface area contributed by atoms with E-state index in [2.05, 4.69) is 4.72 Å². The first kappa shape index (κ1) is 25.3. The molecule has 1 aliphatic rings. The molecule has 3 rings (SSSR count). The monoisotopic (exact) mass is 497 g/mol. The third-order valence-corrected chi connectivity index (χ3v) is 9.11. The summed E-state index contributed by atoms with van der Waals surface area (Å²) in [7, 11) is -7.57. The van der Waals surface area contributed by atoms with Crippen molar-refractivity contribution in [2.24, 2.45) is 0 Å². The highest BCUT2D eigenvalue weighted by Gasteiger charge is 2.31. The summed E-state index contributed by atoms with van der Waals surface area (Å²) in [5.41, 5.74) is 0.767. The van der Waals surface area contributed by atoms with E-state index in [4.69, 9.17) is 0 Å². The Bertz CT molecular complexity index is 1270. The maximum atomic E-state index is 14.5. The molecule has 180 valence electrons. The van der Waals surface area contributed by atoms with Crippen LogP contribution in [0.4, 0.5) is 10.1 Å². The molecule has 0 fully saturated rings. The molecule has 0 aliphatic carbocycles. The summed E-state index contributed by atoms with van der Waals surface area (Å²) in [6.45, 7) is 7.73. The zero-order chi connectivity index (χ0) is 24.6. The van der Waals surface area contributed by atoms with Gasteiger partial charge in [0.25, 0.3) is 5.91 Å². The molecule has 33 heavy (non-hydrogen) atoms. The van der Waals surface area contributed by atoms with Crippen molar-refractivity contribution in [1.82, 2.24) is 9.03 Å². The largest absolute Gasteiger partial charge is 0.308 e. The van der Waals surface area contributed by atoms with Crippen LogP contribution in [0.1, 0.15) is 43.6 Å². The summed E-state index contributed by atoms with van der Waals surface area (Å²) < 4.78 is 68.9. The van der Waals surface area contributed by atoms with E-state index in [9.17, 15) is 26.0 Å². The first-order valence-corrected chi connectivity index (χ1v) is 13.6. The van der Waals surface area contributed by atoms with Crippen molar-refractivity contribution in [1.29, 1.82) is 0 Å². The molecule has 0 saturated heterocycles. The number of carbonyl (C=O) groups excluding carboxylic acids is 1. The van der Waals surface area contributed by atoms with Gasteiger partial charge >= 0.3 is 0 Å². The third kappa shape index (κ3) is 4.96. The van der Waals surface area contributed by atoms with E-state index < -0.39 is 31.8 Å². The minimum atomic E-state index is -3.91. The Morgan fingerprint density at radius 2 is 1.70 bits per heavy atom. The Morgan fingerprint density at radius 3 is 2.30 bits per heavy atom. The lowest BCUT2D eigenvalue weighted by Gasteiger charge is -2.20. The fourth-order valence-electron chi connectivity index (χ4n) is 3.82. The number of nitrogens with one attached hydrogen (secondary N) is 1. The number of rotatable bonds is 8. The molecule has 0 aromatic heterocycles. The molecule has 1 amide bonds. The van der Waals surface area contributed by atoms with Crippen LogP contribution in [0.25, 0.3) is 0 Å². The number of hydrogen-bond donors (Lipinski definition) is 1. The Kier molecular flexibility index (Phi) is 7.27. The fraction of sp³-hybridized carbons (Fsp3) is 0.409. The second-order valence-corrected chi connectivity index (χ2v) is 11.7. The zero-order valence-corrected chi connectivity index (χ0v) is 20.6. The molecule has 1 N–H and O–H groups in total. The van der Waals surface area contributed by atoms with Crippen LogP contribution in [0, 0.1) is 5.82 Å². The SMILES string of the molecule is CCN(CC)S(=O)(=O)c1ccc2c(c1)CCN2C(=O)c1cc(S(=O)(=O)NC(C)C)ccc1F. The molecule has 0 spiro atoms. The summed E-state index contributed by atoms with van der Waals surface area (Å²) in [5.74, 6) is -1.52. The van der Waals surface area contributed by atoms with Crippen molar-refractivity contribution < 1.29 is 26.0 Å². The van der Waals surface area contributed by atoms with Gasteiger partial charge in [0.2, 0.25) is 20.0 Å². The molecule has 0 atom stereocenters. The first-order chi connectivity index (χ1) is 15.4. The second kappa shape index (κ2) is 9.49. The normalized spacial score (nSPS) is 14.2. The lowest BCUT2D eigenvalue weighted by Crippen LogP contribution is -2.32. The minimum Gasteiger partial charge on any atom is -0.308 e. The highest BCUT2D eigenvalue weighted by molar-refractivity contribution is 7.89. The van der Waals surface area contributed by atoms with Gasteiger partial charge in [-0.2, -0.15) is 4.31 Å². The predicted octanol–water partition coefficient (Wildman–Crippen LogP) is 2.75. The van der Waals surface area contributed by atoms with Gasteiger partial charge in [0, 0.05) is 31.4 Å². The van der Waals surface area contributed by atoms with Crippen molar-refractivity contribution in [3.63, 3.8) is 0 Å². The van der Waals surface area contributed by atoms with Crippen molar-refractivity contribution in [2.45, 2.75) is 49.9 Å². The fourth-order valence-corrected chi connectivity index (χ4v) is 6.61. The third-order valence-electron chi connectivity index (χ3n) is 5.40. The van der Waals surface area contributed by atoms with Crippen LogP contribution in [-0.2, 0) is 26.5 Å². The number of halogens is 1. The molecule has 8 nitrogen and oxygen atoms in total. The second-order valence-electron chi connectivity index (χ2n) is 8.00. The molecule has 11 heteroatoms. The van der Waals surface area contributed by atoms with E-state index >= 15 is 0 Å². The van der Waals surface area contributed by atoms with Gasteiger partial charge in [0.1, 0.15) is 5.82 Å². The number of carbonyl (C=O) groups is 1. The Labute approximate surface area is 194 Å². The molecule has 0 radical (unpaired) electrons. The van der Waals surface area contributed by atoms with Crippen LogP contribution in [-0.4, -0.2) is 52.7 Å². The van der Waals surface area contributed by atoms with E-state index in [1.807, 2.05) is 0 Å². The molecular weight excluding hydrogens is 469 g/mol. The van der Waals surface area contributed by atoms with Crippen molar-refractivity contribution in [2.75, 3.05) is 24.5 Å². The number of fused-ring (bicyclic) bond motifs is 1. The highest BCUT2D eigenvalue weighted by atomic mass is 32.2. The number of benzene rings is 2. The molecule has 1 heterocycles. The Balaban J connectivity index is 1.96. The van der Waals surface area contributed by atoms with Gasteiger partial charge in [-0.25, -0.2) is 25.9 Å². The number of hydrogen-bond acceptors (Lipinski definition) is 5. The zero-order valence-electron chi connectivity index (χ0n) is 19.0. The van der Waals surface area contributed by atoms with Crippen LogP contribution in [0.2, 0.25) is 0 Å². The average molecular weight is 498 g/mol. The topological polar surface area (TPSA) is 104 Å². The van der Waals surface area contributed by atoms with E-state index in [0.29, 0.717) is 30.8 Å². The Hall–Kier alpha value is -2.34. The molecule has 0 unspecified atom stereocenters. The van der Waals surface area contributed by atoms with Crippen LogP contribution >= 0.6 is 0 Å². The summed E-state index contributed by atoms with van der Waals surface area (Å²) in [4.78, 5) is 14.4. The molecule has 0 saturated carbocycles. The van der Waals surface area contributed by atoms with Crippen molar-refractivity contribution in [3.05, 3.63) is 53.3 Å².